The van der Waals surface area contributed by atoms with Crippen molar-refractivity contribution in [3.8, 4) is 6.07 Å². The number of methoxy groups -OCH3 is 1. The van der Waals surface area contributed by atoms with E-state index in [0.717, 1.165) is 15.3 Å². The first-order valence-corrected chi connectivity index (χ1v) is 11.7. The van der Waals surface area contributed by atoms with Crippen molar-refractivity contribution in [1.82, 2.24) is 5.32 Å². The second-order valence-corrected chi connectivity index (χ2v) is 9.39. The topological polar surface area (TPSA) is 108 Å². The summed E-state index contributed by atoms with van der Waals surface area (Å²) in [6.45, 7) is 0. The SMILES string of the molecule is COC(=O)[C@H]1C(=O)NC(SCC(=O)Nc2ccc(I)cc2)=C(C#N)[C@@H]1c1ccc(Cl)cc1. The molecule has 1 heterocycles. The lowest BCUT2D eigenvalue weighted by Crippen LogP contribution is -2.44. The highest BCUT2D eigenvalue weighted by Gasteiger charge is 2.44. The predicted molar refractivity (Wildman–Crippen MR) is 131 cm³/mol. The fourth-order valence-corrected chi connectivity index (χ4v) is 4.55. The molecular formula is C22H17ClIN3O4S. The number of esters is 1. The number of halogens is 2. The van der Waals surface area contributed by atoms with E-state index < -0.39 is 23.7 Å². The summed E-state index contributed by atoms with van der Waals surface area (Å²) in [6.07, 6.45) is 0. The van der Waals surface area contributed by atoms with E-state index in [4.69, 9.17) is 16.3 Å². The fraction of sp³-hybridized carbons (Fsp3) is 0.182. The number of rotatable bonds is 6. The third-order valence-corrected chi connectivity index (χ3v) is 6.68. The molecule has 1 aliphatic rings. The minimum absolute atomic E-state index is 0.0387. The maximum atomic E-state index is 12.8. The summed E-state index contributed by atoms with van der Waals surface area (Å²) in [6, 6.07) is 15.9. The average molecular weight is 582 g/mol. The van der Waals surface area contributed by atoms with Crippen LogP contribution in [0.15, 0.2) is 59.1 Å². The van der Waals surface area contributed by atoms with E-state index in [1.54, 1.807) is 36.4 Å². The zero-order valence-corrected chi connectivity index (χ0v) is 20.5. The molecule has 7 nitrogen and oxygen atoms in total. The Balaban J connectivity index is 1.87. The average Bonchev–Trinajstić information content (AvgIpc) is 2.78. The van der Waals surface area contributed by atoms with Crippen LogP contribution in [0.3, 0.4) is 0 Å². The number of hydrogen-bond donors (Lipinski definition) is 2. The Kier molecular flexibility index (Phi) is 8.17. The Hall–Kier alpha value is -2.55. The molecule has 2 amide bonds. The monoisotopic (exact) mass is 581 g/mol. The molecule has 0 aliphatic carbocycles. The van der Waals surface area contributed by atoms with Crippen molar-refractivity contribution in [3.05, 3.63) is 73.3 Å². The van der Waals surface area contributed by atoms with Crippen molar-refractivity contribution in [2.24, 2.45) is 5.92 Å². The van der Waals surface area contributed by atoms with Crippen LogP contribution >= 0.6 is 46.0 Å². The van der Waals surface area contributed by atoms with E-state index in [1.807, 2.05) is 12.1 Å². The zero-order valence-electron chi connectivity index (χ0n) is 16.7. The van der Waals surface area contributed by atoms with Gasteiger partial charge in [-0.15, -0.1) is 0 Å². The largest absolute Gasteiger partial charge is 0.468 e. The molecule has 2 N–H and O–H groups in total. The van der Waals surface area contributed by atoms with Gasteiger partial charge >= 0.3 is 5.97 Å². The molecule has 3 rings (SSSR count). The number of amides is 2. The van der Waals surface area contributed by atoms with E-state index in [9.17, 15) is 19.6 Å². The lowest BCUT2D eigenvalue weighted by atomic mass is 9.78. The summed E-state index contributed by atoms with van der Waals surface area (Å²) < 4.78 is 5.85. The number of benzene rings is 2. The maximum absolute atomic E-state index is 12.8. The van der Waals surface area contributed by atoms with Gasteiger partial charge in [0.15, 0.2) is 0 Å². The van der Waals surface area contributed by atoms with Gasteiger partial charge in [-0.3, -0.25) is 14.4 Å². The van der Waals surface area contributed by atoms with Gasteiger partial charge in [0, 0.05) is 20.2 Å². The Labute approximate surface area is 207 Å². The Morgan fingerprint density at radius 3 is 2.47 bits per heavy atom. The number of ether oxygens (including phenoxy) is 1. The van der Waals surface area contributed by atoms with Crippen molar-refractivity contribution in [2.45, 2.75) is 5.92 Å². The standard InChI is InChI=1S/C22H17ClIN3O4S/c1-31-22(30)19-18(12-2-4-13(23)5-3-12)16(10-25)21(27-20(19)29)32-11-17(28)26-15-8-6-14(24)7-9-15/h2-9,18-19H,11H2,1H3,(H,26,28)(H,27,29)/t18-,19+/m0/s1. The van der Waals surface area contributed by atoms with Crippen molar-refractivity contribution < 1.29 is 19.1 Å². The Morgan fingerprint density at radius 1 is 1.22 bits per heavy atom. The van der Waals surface area contributed by atoms with Gasteiger partial charge in [0.1, 0.15) is 5.92 Å². The normalized spacial score (nSPS) is 17.9. The predicted octanol–water partition coefficient (Wildman–Crippen LogP) is 4.05. The summed E-state index contributed by atoms with van der Waals surface area (Å²) in [5, 5.41) is 16.0. The summed E-state index contributed by atoms with van der Waals surface area (Å²) in [5.41, 5.74) is 1.38. The van der Waals surface area contributed by atoms with Crippen LogP contribution in [0.2, 0.25) is 5.02 Å². The van der Waals surface area contributed by atoms with E-state index in [2.05, 4.69) is 39.3 Å². The lowest BCUT2D eigenvalue weighted by molar-refractivity contribution is -0.150. The van der Waals surface area contributed by atoms with Crippen LogP contribution in [0.4, 0.5) is 5.69 Å². The number of anilines is 1. The van der Waals surface area contributed by atoms with Crippen molar-refractivity contribution in [3.63, 3.8) is 0 Å². The molecule has 0 fully saturated rings. The first kappa shape index (κ1) is 24.1. The molecule has 0 saturated heterocycles. The van der Waals surface area contributed by atoms with Crippen LogP contribution in [-0.4, -0.2) is 30.6 Å². The van der Waals surface area contributed by atoms with Gasteiger partial charge in [-0.05, 0) is 64.6 Å². The number of carbonyl (C=O) groups excluding carboxylic acids is 3. The van der Waals surface area contributed by atoms with Gasteiger partial charge in [0.2, 0.25) is 11.8 Å². The van der Waals surface area contributed by atoms with E-state index in [-0.39, 0.29) is 22.3 Å². The van der Waals surface area contributed by atoms with Gasteiger partial charge in [0.05, 0.1) is 29.5 Å². The molecule has 0 bridgehead atoms. The number of allylic oxidation sites excluding steroid dienone is 1. The Morgan fingerprint density at radius 2 is 1.88 bits per heavy atom. The highest BCUT2D eigenvalue weighted by atomic mass is 127. The molecule has 0 radical (unpaired) electrons. The fourth-order valence-electron chi connectivity index (χ4n) is 3.22. The van der Waals surface area contributed by atoms with E-state index >= 15 is 0 Å². The highest BCUT2D eigenvalue weighted by molar-refractivity contribution is 14.1. The zero-order chi connectivity index (χ0) is 23.3. The van der Waals surface area contributed by atoms with Crippen molar-refractivity contribution >= 4 is 69.4 Å². The van der Waals surface area contributed by atoms with Gasteiger partial charge in [-0.2, -0.15) is 5.26 Å². The molecule has 0 saturated carbocycles. The summed E-state index contributed by atoms with van der Waals surface area (Å²) in [7, 11) is 1.18. The second-order valence-electron chi connectivity index (χ2n) is 6.72. The molecule has 2 aromatic carbocycles. The van der Waals surface area contributed by atoms with Crippen LogP contribution in [0.5, 0.6) is 0 Å². The van der Waals surface area contributed by atoms with Crippen LogP contribution < -0.4 is 10.6 Å². The molecule has 164 valence electrons. The molecule has 0 unspecified atom stereocenters. The molecular weight excluding hydrogens is 565 g/mol. The number of hydrogen-bond acceptors (Lipinski definition) is 6. The van der Waals surface area contributed by atoms with Crippen LogP contribution in [0.25, 0.3) is 0 Å². The van der Waals surface area contributed by atoms with E-state index in [0.29, 0.717) is 16.3 Å². The third-order valence-electron chi connectivity index (χ3n) is 4.69. The molecule has 2 aromatic rings. The smallest absolute Gasteiger partial charge is 0.319 e. The number of nitriles is 1. The molecule has 0 spiro atoms. The number of nitrogens with one attached hydrogen (secondary N) is 2. The number of nitrogens with zero attached hydrogens (tertiary/aromatic N) is 1. The van der Waals surface area contributed by atoms with Crippen LogP contribution in [0.1, 0.15) is 11.5 Å². The molecule has 0 aromatic heterocycles. The Bertz CT molecular complexity index is 1110. The lowest BCUT2D eigenvalue weighted by Gasteiger charge is -2.30. The quantitative estimate of drug-likeness (QED) is 0.303. The van der Waals surface area contributed by atoms with Gasteiger partial charge in [-0.25, -0.2) is 0 Å². The minimum atomic E-state index is -1.24. The molecule has 1 aliphatic heterocycles. The summed E-state index contributed by atoms with van der Waals surface area (Å²) in [5.74, 6) is -3.79. The summed E-state index contributed by atoms with van der Waals surface area (Å²) in [4.78, 5) is 37.5. The third kappa shape index (κ3) is 5.62. The van der Waals surface area contributed by atoms with Crippen LogP contribution in [-0.2, 0) is 19.1 Å². The molecule has 2 atom stereocenters. The van der Waals surface area contributed by atoms with Crippen molar-refractivity contribution in [1.29, 1.82) is 5.26 Å². The van der Waals surface area contributed by atoms with Crippen LogP contribution in [0, 0.1) is 20.8 Å². The molecule has 10 heteroatoms. The maximum Gasteiger partial charge on any atom is 0.319 e. The molecule has 32 heavy (non-hydrogen) atoms. The first-order valence-electron chi connectivity index (χ1n) is 9.30. The number of thioether (sulfide) groups is 1. The first-order chi connectivity index (χ1) is 15.3. The summed E-state index contributed by atoms with van der Waals surface area (Å²) >= 11 is 9.16. The van der Waals surface area contributed by atoms with Crippen molar-refractivity contribution in [2.75, 3.05) is 18.2 Å². The highest BCUT2D eigenvalue weighted by Crippen LogP contribution is 2.40. The van der Waals surface area contributed by atoms with Gasteiger partial charge in [0.25, 0.3) is 0 Å². The minimum Gasteiger partial charge on any atom is -0.468 e. The second kappa shape index (κ2) is 10.8. The van der Waals surface area contributed by atoms with Gasteiger partial charge in [-0.1, -0.05) is 35.5 Å². The number of carbonyl (C=O) groups is 3. The van der Waals surface area contributed by atoms with E-state index in [1.165, 1.54) is 7.11 Å². The van der Waals surface area contributed by atoms with Gasteiger partial charge < -0.3 is 15.4 Å².